The summed E-state index contributed by atoms with van der Waals surface area (Å²) in [5, 5.41) is -3.17. The second-order valence-electron chi connectivity index (χ2n) is 8.26. The van der Waals surface area contributed by atoms with Crippen LogP contribution in [-0.4, -0.2) is 0 Å². The van der Waals surface area contributed by atoms with Crippen LogP contribution >= 0.6 is 11.3 Å². The van der Waals surface area contributed by atoms with Gasteiger partial charge in [0.2, 0.25) is 0 Å². The lowest BCUT2D eigenvalue weighted by molar-refractivity contribution is 1.66. The van der Waals surface area contributed by atoms with Crippen molar-refractivity contribution in [3.05, 3.63) is 145 Å². The molecule has 0 saturated heterocycles. The predicted octanol–water partition coefficient (Wildman–Crippen LogP) is 11.4. The van der Waals surface area contributed by atoms with Crippen LogP contribution in [0.1, 0.15) is 32.9 Å². The molecule has 0 spiro atoms. The van der Waals surface area contributed by atoms with Gasteiger partial charge in [0.1, 0.15) is 0 Å². The number of fused-ring (bicyclic) bond motifs is 5. The molecular weight excluding hydrogens is 488 g/mol. The lowest BCUT2D eigenvalue weighted by Gasteiger charge is -2.17. The number of thiophene rings is 1. The maximum absolute atomic E-state index is 9.79. The fourth-order valence-corrected chi connectivity index (χ4v) is 5.44. The summed E-state index contributed by atoms with van der Waals surface area (Å²) >= 11 is 0.642. The molecule has 0 unspecified atom stereocenters. The molecule has 0 amide bonds. The van der Waals surface area contributed by atoms with Gasteiger partial charge in [-0.2, -0.15) is 0 Å². The van der Waals surface area contributed by atoms with Gasteiger partial charge in [-0.05, 0) is 79.1 Å². The molecule has 8 rings (SSSR count). The van der Waals surface area contributed by atoms with E-state index in [-0.39, 0.29) is 20.2 Å². The van der Waals surface area contributed by atoms with Crippen LogP contribution in [0, 0.1) is 0 Å². The van der Waals surface area contributed by atoms with Crippen molar-refractivity contribution in [3.63, 3.8) is 0 Å². The van der Waals surface area contributed by atoms with Gasteiger partial charge in [-0.25, -0.2) is 0 Å². The van der Waals surface area contributed by atoms with E-state index in [1.165, 1.54) is 0 Å². The third-order valence-corrected chi connectivity index (χ3v) is 7.16. The summed E-state index contributed by atoms with van der Waals surface area (Å²) in [7, 11) is 0. The average molecular weight is 537 g/mol. The maximum atomic E-state index is 9.79. The van der Waals surface area contributed by atoms with E-state index in [2.05, 4.69) is 0 Å². The number of hydrogen-bond acceptors (Lipinski definition) is 1. The van der Waals surface area contributed by atoms with Gasteiger partial charge in [-0.1, -0.05) is 121 Å². The zero-order chi connectivity index (χ0) is 46.6. The van der Waals surface area contributed by atoms with Crippen molar-refractivity contribution in [2.45, 2.75) is 0 Å². The first kappa shape index (κ1) is 8.91. The van der Waals surface area contributed by atoms with Crippen LogP contribution in [0.5, 0.6) is 0 Å². The Bertz CT molecular complexity index is 3360. The zero-order valence-electron chi connectivity index (χ0n) is 43.4. The Labute approximate surface area is 265 Å². The van der Waals surface area contributed by atoms with E-state index in [4.69, 9.17) is 21.9 Å². The predicted molar refractivity (Wildman–Crippen MR) is 171 cm³/mol. The summed E-state index contributed by atoms with van der Waals surface area (Å²) in [6.45, 7) is 0. The minimum Gasteiger partial charge on any atom is -0.135 e. The van der Waals surface area contributed by atoms with Crippen molar-refractivity contribution in [3.8, 4) is 33.4 Å². The topological polar surface area (TPSA) is 0 Å². The van der Waals surface area contributed by atoms with Gasteiger partial charge in [-0.15, -0.1) is 11.3 Å². The molecule has 0 nitrogen and oxygen atoms in total. The molecule has 39 heavy (non-hydrogen) atoms. The first-order valence-electron chi connectivity index (χ1n) is 23.4. The van der Waals surface area contributed by atoms with E-state index >= 15 is 0 Å². The standard InChI is InChI=1S/C38H24S/c1-3-11-25(12-4-1)27-19-21-35-33(23-27)34-24-28(20-22-36(34)39-35)38-31-17-9-7-15-29(31)37(26-13-5-2-6-14-26)30-16-8-10-18-32(30)38/h1-24H/i1D,2D,3D,4D,5D,6D,7D,8D,9D,10D,11D,12D,13D,14D,15D,16D,17D,18D,19D,20D,21D,22D,23D,24D. The van der Waals surface area contributed by atoms with Gasteiger partial charge in [0, 0.05) is 20.2 Å². The van der Waals surface area contributed by atoms with Crippen molar-refractivity contribution in [1.29, 1.82) is 0 Å². The third kappa shape index (κ3) is 3.59. The molecule has 1 heterocycles. The van der Waals surface area contributed by atoms with Crippen LogP contribution in [0.2, 0.25) is 0 Å². The monoisotopic (exact) mass is 536 g/mol. The molecule has 8 aromatic rings. The molecule has 0 radical (unpaired) electrons. The van der Waals surface area contributed by atoms with Crippen LogP contribution in [-0.2, 0) is 0 Å². The van der Waals surface area contributed by atoms with E-state index in [1.54, 1.807) is 0 Å². The Hall–Kier alpha value is -4.72. The highest BCUT2D eigenvalue weighted by Gasteiger charge is 2.17. The molecule has 1 aromatic heterocycles. The quantitative estimate of drug-likeness (QED) is 0.197. The lowest BCUT2D eigenvalue weighted by atomic mass is 9.86. The van der Waals surface area contributed by atoms with E-state index in [1.807, 2.05) is 0 Å². The molecule has 0 bridgehead atoms. The Kier molecular flexibility index (Phi) is 2.04. The van der Waals surface area contributed by atoms with E-state index in [0.29, 0.717) is 11.3 Å². The molecule has 0 saturated carbocycles. The van der Waals surface area contributed by atoms with Crippen molar-refractivity contribution in [2.75, 3.05) is 0 Å². The van der Waals surface area contributed by atoms with Crippen LogP contribution in [0.15, 0.2) is 145 Å². The smallest absolute Gasteiger partial charge is 0.0638 e. The second kappa shape index (κ2) is 8.94. The Morgan fingerprint density at radius 1 is 0.333 bits per heavy atom. The highest BCUT2D eigenvalue weighted by atomic mass is 32.1. The molecular formula is C38H24S. The van der Waals surface area contributed by atoms with Gasteiger partial charge in [0.05, 0.1) is 32.9 Å². The average Bonchev–Trinajstić information content (AvgIpc) is 3.67. The molecule has 0 aliphatic rings. The maximum Gasteiger partial charge on any atom is 0.0638 e. The van der Waals surface area contributed by atoms with Crippen LogP contribution < -0.4 is 0 Å². The summed E-state index contributed by atoms with van der Waals surface area (Å²) in [5.41, 5.74) is -3.77. The van der Waals surface area contributed by atoms with Gasteiger partial charge in [-0.3, -0.25) is 0 Å². The number of hydrogen-bond donors (Lipinski definition) is 0. The lowest BCUT2D eigenvalue weighted by Crippen LogP contribution is -1.90. The number of rotatable bonds is 3. The van der Waals surface area contributed by atoms with E-state index in [0.717, 1.165) is 0 Å². The van der Waals surface area contributed by atoms with Crippen molar-refractivity contribution < 1.29 is 32.9 Å². The first-order chi connectivity index (χ1) is 29.3. The van der Waals surface area contributed by atoms with Crippen LogP contribution in [0.4, 0.5) is 0 Å². The Balaban J connectivity index is 1.70. The van der Waals surface area contributed by atoms with Crippen molar-refractivity contribution >= 4 is 53.1 Å². The first-order valence-corrected chi connectivity index (χ1v) is 12.2. The largest absolute Gasteiger partial charge is 0.135 e. The second-order valence-corrected chi connectivity index (χ2v) is 9.28. The fraction of sp³-hybridized carbons (Fsp3) is 0. The van der Waals surface area contributed by atoms with Gasteiger partial charge in [0.15, 0.2) is 0 Å². The summed E-state index contributed by atoms with van der Waals surface area (Å²) in [4.78, 5) is 0. The zero-order valence-corrected chi connectivity index (χ0v) is 20.2. The van der Waals surface area contributed by atoms with Gasteiger partial charge in [0.25, 0.3) is 0 Å². The SMILES string of the molecule is [2H]c1c([2H])c([2H])c(-c2c([2H])c([2H])c3sc4c([2H])c([2H])c(-c5c6c([2H])c([2H])c([2H])c([2H])c6c(-c6c([2H])c([2H])c([2H])c([2H])c6[2H])c6c([2H])c([2H])c([2H])c([2H])c56)c([2H])c4c3c2[2H])c([2H])c1[2H]. The Morgan fingerprint density at radius 3 is 1.28 bits per heavy atom. The van der Waals surface area contributed by atoms with Gasteiger partial charge >= 0.3 is 0 Å². The molecule has 0 aliphatic carbocycles. The number of benzene rings is 7. The minimum atomic E-state index is -0.911. The molecule has 182 valence electrons. The fourth-order valence-electron chi connectivity index (χ4n) is 4.52. The third-order valence-electron chi connectivity index (χ3n) is 6.14. The molecule has 0 N–H and O–H groups in total. The van der Waals surface area contributed by atoms with Crippen LogP contribution in [0.25, 0.3) is 75.1 Å². The van der Waals surface area contributed by atoms with Crippen molar-refractivity contribution in [1.82, 2.24) is 0 Å². The highest BCUT2D eigenvalue weighted by Crippen LogP contribution is 2.45. The van der Waals surface area contributed by atoms with E-state index < -0.39 is 200 Å². The summed E-state index contributed by atoms with van der Waals surface area (Å²) < 4.78 is 211. The van der Waals surface area contributed by atoms with Crippen molar-refractivity contribution in [2.24, 2.45) is 0 Å². The molecule has 0 aliphatic heterocycles. The van der Waals surface area contributed by atoms with Crippen LogP contribution in [0.3, 0.4) is 0 Å². The van der Waals surface area contributed by atoms with E-state index in [9.17, 15) is 11.0 Å². The molecule has 0 atom stereocenters. The summed E-state index contributed by atoms with van der Waals surface area (Å²) in [6.07, 6.45) is 0. The normalized spacial score (nSPS) is 20.2. The highest BCUT2D eigenvalue weighted by molar-refractivity contribution is 7.25. The molecule has 7 aromatic carbocycles. The molecule has 1 heteroatoms. The summed E-state index contributed by atoms with van der Waals surface area (Å²) in [5.74, 6) is 0. The summed E-state index contributed by atoms with van der Waals surface area (Å²) in [6, 6.07) is -19.9. The van der Waals surface area contributed by atoms with Gasteiger partial charge < -0.3 is 0 Å². The Morgan fingerprint density at radius 2 is 0.744 bits per heavy atom. The minimum absolute atomic E-state index is 0.176. The molecule has 0 fully saturated rings.